The number of carbonyl (C=O) groups excluding carboxylic acids is 1. The Morgan fingerprint density at radius 2 is 2.23 bits per heavy atom. The maximum Gasteiger partial charge on any atom is 0.310 e. The van der Waals surface area contributed by atoms with Gasteiger partial charge in [-0.15, -0.1) is 0 Å². The minimum Gasteiger partial charge on any atom is -0.466 e. The van der Waals surface area contributed by atoms with Crippen molar-refractivity contribution in [3.63, 3.8) is 0 Å². The first-order valence-corrected chi connectivity index (χ1v) is 7.00. The largest absolute Gasteiger partial charge is 0.466 e. The Kier molecular flexibility index (Phi) is 3.74. The van der Waals surface area contributed by atoms with E-state index in [0.717, 1.165) is 22.3 Å². The number of nitrogens with zero attached hydrogens (tertiary/aromatic N) is 3. The summed E-state index contributed by atoms with van der Waals surface area (Å²) in [6.07, 6.45) is 5.34. The van der Waals surface area contributed by atoms with Crippen LogP contribution in [0.5, 0.6) is 0 Å². The first kappa shape index (κ1) is 14.1. The Labute approximate surface area is 127 Å². The van der Waals surface area contributed by atoms with Gasteiger partial charge in [-0.2, -0.15) is 0 Å². The van der Waals surface area contributed by atoms with Crippen LogP contribution in [0, 0.1) is 0 Å². The van der Waals surface area contributed by atoms with Crippen LogP contribution in [0.15, 0.2) is 43.0 Å². The van der Waals surface area contributed by atoms with E-state index in [1.807, 2.05) is 29.0 Å². The second kappa shape index (κ2) is 5.85. The number of benzene rings is 1. The number of aromatic nitrogens is 3. The van der Waals surface area contributed by atoms with Crippen molar-refractivity contribution in [1.82, 2.24) is 14.5 Å². The number of hydrogen-bond acceptors (Lipinski definition) is 5. The van der Waals surface area contributed by atoms with Crippen LogP contribution in [0.25, 0.3) is 16.7 Å². The van der Waals surface area contributed by atoms with Gasteiger partial charge < -0.3 is 15.0 Å². The van der Waals surface area contributed by atoms with E-state index in [1.165, 1.54) is 6.33 Å². The van der Waals surface area contributed by atoms with Gasteiger partial charge in [-0.05, 0) is 36.8 Å². The summed E-state index contributed by atoms with van der Waals surface area (Å²) in [4.78, 5) is 20.0. The average molecular weight is 296 g/mol. The van der Waals surface area contributed by atoms with Crippen LogP contribution in [0.2, 0.25) is 0 Å². The summed E-state index contributed by atoms with van der Waals surface area (Å²) in [6.45, 7) is 2.14. The van der Waals surface area contributed by atoms with Crippen LogP contribution < -0.4 is 5.73 Å². The number of carbonyl (C=O) groups is 1. The van der Waals surface area contributed by atoms with Crippen molar-refractivity contribution in [2.45, 2.75) is 13.3 Å². The number of rotatable bonds is 4. The molecular weight excluding hydrogens is 280 g/mol. The quantitative estimate of drug-likeness (QED) is 0.589. The van der Waals surface area contributed by atoms with Crippen molar-refractivity contribution in [2.24, 2.45) is 0 Å². The fourth-order valence-corrected chi connectivity index (χ4v) is 2.35. The minimum absolute atomic E-state index is 0.154. The Balaban J connectivity index is 2.00. The van der Waals surface area contributed by atoms with Gasteiger partial charge >= 0.3 is 5.97 Å². The van der Waals surface area contributed by atoms with Crippen LogP contribution in [0.4, 0.5) is 5.69 Å². The van der Waals surface area contributed by atoms with E-state index in [2.05, 4.69) is 9.97 Å². The second-order valence-corrected chi connectivity index (χ2v) is 4.85. The lowest BCUT2D eigenvalue weighted by molar-refractivity contribution is -0.142. The molecule has 1 aromatic carbocycles. The third kappa shape index (κ3) is 2.63. The lowest BCUT2D eigenvalue weighted by Gasteiger charge is -2.10. The predicted molar refractivity (Wildman–Crippen MR) is 83.6 cm³/mol. The highest BCUT2D eigenvalue weighted by Crippen LogP contribution is 2.22. The lowest BCUT2D eigenvalue weighted by atomic mass is 10.1. The van der Waals surface area contributed by atoms with Crippen LogP contribution in [-0.2, 0) is 16.0 Å². The van der Waals surface area contributed by atoms with Crippen LogP contribution in [0.3, 0.4) is 0 Å². The molecule has 0 saturated heterocycles. The molecule has 6 nitrogen and oxygen atoms in total. The standard InChI is InChI=1S/C16H16N4O2/c1-2-22-15(21)8-12-7-13(3-4-14(12)17)20-6-5-11-9-18-10-19-16(11)20/h3-7,9-10H,2,8,17H2,1H3. The third-order valence-corrected chi connectivity index (χ3v) is 3.39. The fraction of sp³-hybridized carbons (Fsp3) is 0.188. The molecule has 3 rings (SSSR count). The molecule has 22 heavy (non-hydrogen) atoms. The SMILES string of the molecule is CCOC(=O)Cc1cc(-n2ccc3cncnc32)ccc1N. The number of nitrogen functional groups attached to an aromatic ring is 1. The van der Waals surface area contributed by atoms with E-state index in [4.69, 9.17) is 10.5 Å². The Bertz CT molecular complexity index is 826. The topological polar surface area (TPSA) is 83.0 Å². The molecule has 2 aromatic heterocycles. The predicted octanol–water partition coefficient (Wildman–Crippen LogP) is 2.11. The molecule has 0 radical (unpaired) electrons. The molecule has 112 valence electrons. The summed E-state index contributed by atoms with van der Waals surface area (Å²) in [7, 11) is 0. The summed E-state index contributed by atoms with van der Waals surface area (Å²) in [5.41, 5.74) is 8.97. The van der Waals surface area contributed by atoms with Crippen molar-refractivity contribution in [3.8, 4) is 5.69 Å². The highest BCUT2D eigenvalue weighted by molar-refractivity contribution is 5.78. The first-order valence-electron chi connectivity index (χ1n) is 7.00. The Morgan fingerprint density at radius 1 is 1.36 bits per heavy atom. The van der Waals surface area contributed by atoms with Crippen molar-refractivity contribution in [2.75, 3.05) is 12.3 Å². The number of hydrogen-bond donors (Lipinski definition) is 1. The molecule has 3 aromatic rings. The van der Waals surface area contributed by atoms with Crippen molar-refractivity contribution >= 4 is 22.7 Å². The van der Waals surface area contributed by atoms with Gasteiger partial charge in [0.2, 0.25) is 0 Å². The summed E-state index contributed by atoms with van der Waals surface area (Å²) >= 11 is 0. The van der Waals surface area contributed by atoms with E-state index in [1.54, 1.807) is 19.2 Å². The highest BCUT2D eigenvalue weighted by Gasteiger charge is 2.10. The third-order valence-electron chi connectivity index (χ3n) is 3.39. The maximum absolute atomic E-state index is 11.7. The minimum atomic E-state index is -0.286. The molecule has 2 N–H and O–H groups in total. The van der Waals surface area contributed by atoms with Gasteiger partial charge in [-0.25, -0.2) is 9.97 Å². The molecule has 0 saturated carbocycles. The molecule has 0 unspecified atom stereocenters. The molecule has 0 amide bonds. The molecule has 6 heteroatoms. The van der Waals surface area contributed by atoms with Gasteiger partial charge in [0.05, 0.1) is 13.0 Å². The van der Waals surface area contributed by atoms with Crippen molar-refractivity contribution in [1.29, 1.82) is 0 Å². The monoisotopic (exact) mass is 296 g/mol. The average Bonchev–Trinajstić information content (AvgIpc) is 2.94. The summed E-state index contributed by atoms with van der Waals surface area (Å²) in [5, 5.41) is 0.950. The summed E-state index contributed by atoms with van der Waals surface area (Å²) < 4.78 is 6.92. The molecule has 0 spiro atoms. The molecule has 0 bridgehead atoms. The number of esters is 1. The van der Waals surface area contributed by atoms with E-state index < -0.39 is 0 Å². The van der Waals surface area contributed by atoms with Crippen LogP contribution >= 0.6 is 0 Å². The van der Waals surface area contributed by atoms with E-state index in [-0.39, 0.29) is 12.4 Å². The first-order chi connectivity index (χ1) is 10.7. The van der Waals surface area contributed by atoms with E-state index in [0.29, 0.717) is 12.3 Å². The zero-order chi connectivity index (χ0) is 15.5. The zero-order valence-electron chi connectivity index (χ0n) is 12.2. The molecule has 0 atom stereocenters. The van der Waals surface area contributed by atoms with Crippen molar-refractivity contribution < 1.29 is 9.53 Å². The second-order valence-electron chi connectivity index (χ2n) is 4.85. The normalized spacial score (nSPS) is 10.8. The van der Waals surface area contributed by atoms with Gasteiger partial charge in [0, 0.05) is 29.2 Å². The van der Waals surface area contributed by atoms with Gasteiger partial charge in [-0.1, -0.05) is 0 Å². The van der Waals surface area contributed by atoms with Gasteiger partial charge in [0.15, 0.2) is 0 Å². The number of fused-ring (bicyclic) bond motifs is 1. The van der Waals surface area contributed by atoms with Gasteiger partial charge in [-0.3, -0.25) is 4.79 Å². The molecule has 0 aliphatic rings. The molecule has 0 aliphatic carbocycles. The number of nitrogens with two attached hydrogens (primary N) is 1. The Morgan fingerprint density at radius 3 is 3.05 bits per heavy atom. The molecular formula is C16H16N4O2. The van der Waals surface area contributed by atoms with Crippen LogP contribution in [-0.4, -0.2) is 27.1 Å². The van der Waals surface area contributed by atoms with E-state index >= 15 is 0 Å². The van der Waals surface area contributed by atoms with Gasteiger partial charge in [0.1, 0.15) is 12.0 Å². The fourth-order valence-electron chi connectivity index (χ4n) is 2.35. The summed E-state index contributed by atoms with van der Waals surface area (Å²) in [6, 6.07) is 7.51. The number of ether oxygens (including phenoxy) is 1. The smallest absolute Gasteiger partial charge is 0.310 e. The van der Waals surface area contributed by atoms with Gasteiger partial charge in [0.25, 0.3) is 0 Å². The zero-order valence-corrected chi connectivity index (χ0v) is 12.2. The van der Waals surface area contributed by atoms with Crippen LogP contribution in [0.1, 0.15) is 12.5 Å². The Hall–Kier alpha value is -2.89. The van der Waals surface area contributed by atoms with E-state index in [9.17, 15) is 4.79 Å². The lowest BCUT2D eigenvalue weighted by Crippen LogP contribution is -2.09. The van der Waals surface area contributed by atoms with Crippen molar-refractivity contribution in [3.05, 3.63) is 48.5 Å². The summed E-state index contributed by atoms with van der Waals surface area (Å²) in [5.74, 6) is -0.286. The molecule has 0 aliphatic heterocycles. The molecule has 0 fully saturated rings. The number of anilines is 1. The highest BCUT2D eigenvalue weighted by atomic mass is 16.5. The molecule has 2 heterocycles. The maximum atomic E-state index is 11.7.